The average Bonchev–Trinajstić information content (AvgIpc) is 1.64. The summed E-state index contributed by atoms with van der Waals surface area (Å²) in [5.41, 5.74) is 19.6. The number of hydrogen-bond donors (Lipinski definition) is 23. The molecule has 145 heavy (non-hydrogen) atoms. The summed E-state index contributed by atoms with van der Waals surface area (Å²) >= 11 is 0.758. The minimum atomic E-state index is -2.14. The zero-order valence-electron chi connectivity index (χ0n) is 83.3. The number of thioether (sulfide) groups is 1. The second-order valence-electron chi connectivity index (χ2n) is 38.0. The lowest BCUT2D eigenvalue weighted by atomic mass is 9.99. The molecule has 3 fully saturated rings. The van der Waals surface area contributed by atoms with E-state index in [1.807, 2.05) is 13.8 Å². The first kappa shape index (κ1) is 117. The van der Waals surface area contributed by atoms with Gasteiger partial charge in [0.05, 0.1) is 37.5 Å². The van der Waals surface area contributed by atoms with Gasteiger partial charge in [0, 0.05) is 113 Å². The van der Waals surface area contributed by atoms with Crippen LogP contribution in [0.5, 0.6) is 5.75 Å². The van der Waals surface area contributed by atoms with Crippen LogP contribution in [0.4, 0.5) is 0 Å². The SMILES string of the molecule is CCCC[C@H]1C(=O)N(C)[C@@H](CCCC)C(=O)N[C@@H](CC(C)C)C(=O)N[C@H](C(=O)NCC(N)=O)CSCC(=O)N[C@@H](Cc2ccc(O)cc2)C(=O)N(C)[C@@H](C)C(=O)N[C@@H](CC(N)=O)C(=O)N2CCC[C@H]2C(=O)N[C@@H](CNC[C@@H](O)[C@@H](O)[C@H](O)[C@H](O)CO)C(=O)N[C@@H](CC(C)C)C(=O)N2C[C@H](O)C[C@H]2C(=O)N[C@@H](Cc2c[nH]c3ccccc23)C(=O)N[C@@H](CCN)C(=O)N[C@@H](Cc2cn(CC(=O)O)c3ccccc23)C(=O)N1C. The van der Waals surface area contributed by atoms with Crippen LogP contribution in [-0.4, -0.2) is 375 Å². The lowest BCUT2D eigenvalue weighted by Crippen LogP contribution is -2.62. The first-order valence-corrected chi connectivity index (χ1v) is 50.0. The molecule has 0 saturated carbocycles. The summed E-state index contributed by atoms with van der Waals surface area (Å²) in [4.78, 5) is 273. The fourth-order valence-corrected chi connectivity index (χ4v) is 18.7. The van der Waals surface area contributed by atoms with E-state index >= 15 is 47.9 Å². The number of nitrogens with one attached hydrogen (secondary N) is 12. The quantitative estimate of drug-likeness (QED) is 0.0187. The van der Waals surface area contributed by atoms with Gasteiger partial charge in [-0.1, -0.05) is 116 Å². The number of likely N-dealkylation sites (N-methyl/N-ethyl adjacent to an activating group) is 3. The number of H-pyrrole nitrogens is 1. The summed E-state index contributed by atoms with van der Waals surface area (Å²) < 4.78 is 1.42. The number of hydrogen-bond acceptors (Lipinski definition) is 28. The highest BCUT2D eigenvalue weighted by Crippen LogP contribution is 2.29. The van der Waals surface area contributed by atoms with Crippen LogP contribution in [-0.2, 0) is 112 Å². The van der Waals surface area contributed by atoms with Gasteiger partial charge in [-0.25, -0.2) is 0 Å². The number of nitrogens with zero attached hydrogens (tertiary/aromatic N) is 6. The number of para-hydroxylation sites is 2. The van der Waals surface area contributed by atoms with Gasteiger partial charge in [-0.2, -0.15) is 0 Å². The third-order valence-corrected chi connectivity index (χ3v) is 26.9. The molecule has 47 nitrogen and oxygen atoms in total. The highest BCUT2D eigenvalue weighted by Gasteiger charge is 2.47. The molecule has 17 amide bonds. The Morgan fingerprint density at radius 1 is 0.552 bits per heavy atom. The molecule has 3 aliphatic rings. The van der Waals surface area contributed by atoms with Crippen molar-refractivity contribution >= 4 is 140 Å². The predicted octanol–water partition coefficient (Wildman–Crippen LogP) is -5.17. The van der Waals surface area contributed by atoms with E-state index in [-0.39, 0.29) is 82.5 Å². The monoisotopic (exact) mass is 2050 g/mol. The number of carbonyl (C=O) groups is 18. The lowest BCUT2D eigenvalue weighted by Gasteiger charge is -2.36. The molecule has 0 spiro atoms. The van der Waals surface area contributed by atoms with E-state index in [0.717, 1.165) is 36.3 Å². The number of aromatic nitrogens is 2. The Morgan fingerprint density at radius 3 is 1.74 bits per heavy atom. The number of aliphatic hydroxyl groups excluding tert-OH is 6. The van der Waals surface area contributed by atoms with Crippen molar-refractivity contribution in [3.8, 4) is 5.75 Å². The number of amides is 17. The number of aromatic hydroxyl groups is 1. The largest absolute Gasteiger partial charge is 0.508 e. The normalized spacial score (nSPS) is 24.9. The Bertz CT molecular complexity index is 5350. The van der Waals surface area contributed by atoms with Gasteiger partial charge in [0.2, 0.25) is 100 Å². The van der Waals surface area contributed by atoms with E-state index in [4.69, 9.17) is 17.2 Å². The van der Waals surface area contributed by atoms with Crippen molar-refractivity contribution in [3.63, 3.8) is 0 Å². The molecule has 26 N–H and O–H groups in total. The Kier molecular flexibility index (Phi) is 45.2. The molecule has 48 heteroatoms. The molecule has 798 valence electrons. The van der Waals surface area contributed by atoms with E-state index in [0.29, 0.717) is 64.2 Å². The van der Waals surface area contributed by atoms with Crippen LogP contribution in [0.2, 0.25) is 0 Å². The Hall–Kier alpha value is -13.0. The molecule has 0 unspecified atom stereocenters. The molecule has 3 aliphatic heterocycles. The topological polar surface area (TPSA) is 716 Å². The number of benzene rings is 3. The van der Waals surface area contributed by atoms with Crippen molar-refractivity contribution in [1.29, 1.82) is 0 Å². The Balaban J connectivity index is 1.24. The molecule has 0 bridgehead atoms. The van der Waals surface area contributed by atoms with Crippen molar-refractivity contribution in [1.82, 2.24) is 92.5 Å². The number of phenolic OH excluding ortho intramolecular Hbond substituents is 1. The summed E-state index contributed by atoms with van der Waals surface area (Å²) in [5, 5.41) is 114. The minimum absolute atomic E-state index is 0.0194. The first-order valence-electron chi connectivity index (χ1n) is 48.8. The summed E-state index contributed by atoms with van der Waals surface area (Å²) in [6.07, 6.45) is -8.23. The van der Waals surface area contributed by atoms with Gasteiger partial charge in [0.15, 0.2) is 0 Å². The molecule has 19 atom stereocenters. The van der Waals surface area contributed by atoms with E-state index < -0.39 is 298 Å². The summed E-state index contributed by atoms with van der Waals surface area (Å²) in [5.74, 6) is -20.1. The highest BCUT2D eigenvalue weighted by molar-refractivity contribution is 8.00. The number of primary amides is 2. The fraction of sp³-hybridized carbons (Fsp3) is 0.588. The molecular weight excluding hydrogens is 1910 g/mol. The number of carboxylic acid groups (broad SMARTS) is 1. The van der Waals surface area contributed by atoms with Crippen LogP contribution in [0, 0.1) is 11.8 Å². The van der Waals surface area contributed by atoms with Crippen molar-refractivity contribution in [2.75, 3.05) is 78.5 Å². The number of carbonyl (C=O) groups excluding carboxylic acids is 17. The molecule has 3 saturated heterocycles. The van der Waals surface area contributed by atoms with E-state index in [9.17, 15) is 79.2 Å². The Morgan fingerprint density at radius 2 is 1.10 bits per heavy atom. The maximum absolute atomic E-state index is 16.0. The van der Waals surface area contributed by atoms with Crippen LogP contribution < -0.4 is 75.7 Å². The summed E-state index contributed by atoms with van der Waals surface area (Å²) in [6.45, 7) is 6.87. The molecular formula is C97H143N21O26S. The van der Waals surface area contributed by atoms with Crippen LogP contribution in [0.1, 0.15) is 149 Å². The van der Waals surface area contributed by atoms with Crippen molar-refractivity contribution < 1.29 is 127 Å². The van der Waals surface area contributed by atoms with E-state index in [2.05, 4.69) is 63.5 Å². The minimum Gasteiger partial charge on any atom is -0.508 e. The zero-order valence-corrected chi connectivity index (χ0v) is 84.2. The third-order valence-electron chi connectivity index (χ3n) is 25.9. The smallest absolute Gasteiger partial charge is 0.323 e. The Labute approximate surface area is 843 Å². The molecule has 5 heterocycles. The highest BCUT2D eigenvalue weighted by atomic mass is 32.2. The molecule has 8 rings (SSSR count). The number of nitrogens with two attached hydrogens (primary N) is 3. The van der Waals surface area contributed by atoms with Gasteiger partial charge in [-0.15, -0.1) is 11.8 Å². The van der Waals surface area contributed by atoms with Crippen LogP contribution in [0.15, 0.2) is 85.2 Å². The van der Waals surface area contributed by atoms with Crippen molar-refractivity contribution in [3.05, 3.63) is 102 Å². The second kappa shape index (κ2) is 55.9. The van der Waals surface area contributed by atoms with Crippen molar-refractivity contribution in [2.24, 2.45) is 29.0 Å². The molecule has 3 aromatic carbocycles. The molecule has 2 aromatic heterocycles. The summed E-state index contributed by atoms with van der Waals surface area (Å²) in [6, 6.07) is -3.62. The fourth-order valence-electron chi connectivity index (χ4n) is 17.8. The van der Waals surface area contributed by atoms with Gasteiger partial charge in [-0.3, -0.25) is 86.3 Å². The standard InChI is InChI=1S/C97H143N21O26S/c1-11-13-23-72-90(137)106-63(34-51(3)4)87(134)112-70(85(132)103-44-79(100)125)49-145-50-80(126)104-66(36-54-27-29-57(120)30-28-54)93(140)113(8)53(7)84(131)108-68(40-78(99)124)95(142)117-33-19-26-73(117)91(138)111-69(42-101-43-76(122)82(129)83(130)77(123)48-119)89(136)109-65(35-52(5)6)96(143)118-46-58(121)39-75(118)92(139)107-64(37-55-41-102-61-22-17-15-20-59(55)61)88(135)105-62(31-32-98)86(133)110-67(94(141)115(10)74(24-14-12-2)97(144)114(72)9)38-56-45-116(47-81(127)128)71-25-18-16-21-60(56)71/h15-18,20-22,25,27-30,41,45,51-53,58,62-70,72-77,82-83,101-102,119-123,129-130H,11-14,19,23-24,26,31-40,42-44,46-50,98H2,1-10H3,(H2,99,124)(H2,100,125)(H,103,132)(H,104,126)(H,105,135)(H,106,137)(H,107,139)(H,108,131)(H,109,136)(H,110,133)(H,111,138)(H,112,134)(H,127,128)/t53-,58+,62-,63-,64-,65-,66-,67-,68-,69-,70-,72-,73-,74-,75-,76+,77+,82+,83+/m0/s1. The predicted molar refractivity (Wildman–Crippen MR) is 530 cm³/mol. The number of carboxylic acids is 1. The number of phenols is 1. The van der Waals surface area contributed by atoms with E-state index in [1.165, 1.54) is 63.1 Å². The molecule has 5 aromatic rings. The number of rotatable bonds is 33. The number of aliphatic carboxylic acids is 1. The van der Waals surface area contributed by atoms with Gasteiger partial charge >= 0.3 is 5.97 Å². The lowest BCUT2D eigenvalue weighted by molar-refractivity contribution is -0.149. The van der Waals surface area contributed by atoms with Crippen LogP contribution >= 0.6 is 11.8 Å². The average molecular weight is 2050 g/mol. The summed E-state index contributed by atoms with van der Waals surface area (Å²) in [7, 11) is 3.84. The molecule has 0 radical (unpaired) electrons. The zero-order chi connectivity index (χ0) is 107. The third kappa shape index (κ3) is 33.3. The number of aliphatic hydroxyl groups is 6. The van der Waals surface area contributed by atoms with Crippen LogP contribution in [0.25, 0.3) is 21.8 Å². The van der Waals surface area contributed by atoms with Crippen LogP contribution in [0.3, 0.4) is 0 Å². The van der Waals surface area contributed by atoms with Gasteiger partial charge < -0.3 is 151 Å². The maximum atomic E-state index is 16.0. The number of fused-ring (bicyclic) bond motifs is 4. The first-order chi connectivity index (χ1) is 68.7. The van der Waals surface area contributed by atoms with Gasteiger partial charge in [-0.05, 0) is 111 Å². The van der Waals surface area contributed by atoms with Crippen molar-refractivity contribution in [2.45, 2.75) is 273 Å². The maximum Gasteiger partial charge on any atom is 0.323 e. The number of aromatic amines is 1. The second-order valence-corrected chi connectivity index (χ2v) is 39.1. The molecule has 0 aliphatic carbocycles. The van der Waals surface area contributed by atoms with Gasteiger partial charge in [0.25, 0.3) is 0 Å². The van der Waals surface area contributed by atoms with Gasteiger partial charge in [0.1, 0.15) is 115 Å². The van der Waals surface area contributed by atoms with E-state index in [1.54, 1.807) is 82.4 Å². The number of unbranched alkanes of at least 4 members (excludes halogenated alkanes) is 2.